The first-order chi connectivity index (χ1) is 6.85. The summed E-state index contributed by atoms with van der Waals surface area (Å²) in [5, 5.41) is 0. The molecule has 0 heterocycles. The highest BCUT2D eigenvalue weighted by Gasteiger charge is 2.07. The fourth-order valence-electron chi connectivity index (χ4n) is 0.910. The zero-order valence-corrected chi connectivity index (χ0v) is 9.04. The summed E-state index contributed by atoms with van der Waals surface area (Å²) >= 11 is 0. The molecule has 4 heteroatoms. The SMILES string of the molecule is [CH2]CCOCC(OCC)OCCCN. The topological polar surface area (TPSA) is 53.7 Å². The van der Waals surface area contributed by atoms with Gasteiger partial charge in [0.15, 0.2) is 6.29 Å². The minimum Gasteiger partial charge on any atom is -0.376 e. The van der Waals surface area contributed by atoms with Gasteiger partial charge in [-0.1, -0.05) is 6.92 Å². The van der Waals surface area contributed by atoms with E-state index in [1.807, 2.05) is 6.92 Å². The van der Waals surface area contributed by atoms with Gasteiger partial charge in [0.2, 0.25) is 0 Å². The molecule has 0 spiro atoms. The highest BCUT2D eigenvalue weighted by molar-refractivity contribution is 4.45. The molecule has 1 unspecified atom stereocenters. The highest BCUT2D eigenvalue weighted by Crippen LogP contribution is 1.98. The van der Waals surface area contributed by atoms with Crippen LogP contribution in [0, 0.1) is 6.92 Å². The highest BCUT2D eigenvalue weighted by atomic mass is 16.7. The van der Waals surface area contributed by atoms with Crippen molar-refractivity contribution in [2.75, 3.05) is 33.0 Å². The molecule has 0 saturated carbocycles. The van der Waals surface area contributed by atoms with Crippen LogP contribution in [0.25, 0.3) is 0 Å². The van der Waals surface area contributed by atoms with Crippen LogP contribution in [0.3, 0.4) is 0 Å². The molecule has 14 heavy (non-hydrogen) atoms. The van der Waals surface area contributed by atoms with E-state index in [0.717, 1.165) is 12.8 Å². The second-order valence-electron chi connectivity index (χ2n) is 2.83. The standard InChI is InChI=1S/C10H22NO3/c1-3-7-12-9-10(13-4-2)14-8-5-6-11/h10H,1,3-9,11H2,2H3. The smallest absolute Gasteiger partial charge is 0.180 e. The molecule has 1 atom stereocenters. The Morgan fingerprint density at radius 2 is 2.07 bits per heavy atom. The van der Waals surface area contributed by atoms with Crippen molar-refractivity contribution < 1.29 is 14.2 Å². The van der Waals surface area contributed by atoms with Crippen molar-refractivity contribution >= 4 is 0 Å². The maximum atomic E-state index is 5.42. The summed E-state index contributed by atoms with van der Waals surface area (Å²) in [6, 6.07) is 0. The Hall–Kier alpha value is -0.160. The molecule has 0 saturated heterocycles. The van der Waals surface area contributed by atoms with Crippen LogP contribution >= 0.6 is 0 Å². The third-order valence-electron chi connectivity index (χ3n) is 1.55. The molecule has 1 radical (unpaired) electrons. The Morgan fingerprint density at radius 3 is 2.64 bits per heavy atom. The van der Waals surface area contributed by atoms with Gasteiger partial charge in [-0.3, -0.25) is 0 Å². The molecule has 0 aromatic rings. The summed E-state index contributed by atoms with van der Waals surface area (Å²) in [6.07, 6.45) is 1.35. The number of hydrogen-bond acceptors (Lipinski definition) is 4. The van der Waals surface area contributed by atoms with E-state index >= 15 is 0 Å². The first-order valence-corrected chi connectivity index (χ1v) is 5.15. The third kappa shape index (κ3) is 8.44. The van der Waals surface area contributed by atoms with Crippen LogP contribution < -0.4 is 5.73 Å². The Kier molecular flexibility index (Phi) is 10.8. The molecule has 0 bridgehead atoms. The summed E-state index contributed by atoms with van der Waals surface area (Å²) in [7, 11) is 0. The number of nitrogens with two attached hydrogens (primary N) is 1. The summed E-state index contributed by atoms with van der Waals surface area (Å²) < 4.78 is 16.0. The molecule has 0 aromatic carbocycles. The van der Waals surface area contributed by atoms with Crippen molar-refractivity contribution in [2.45, 2.75) is 26.1 Å². The first kappa shape index (κ1) is 13.8. The summed E-state index contributed by atoms with van der Waals surface area (Å²) in [6.45, 7) is 8.60. The second-order valence-corrected chi connectivity index (χ2v) is 2.83. The second kappa shape index (κ2) is 10.9. The molecule has 4 nitrogen and oxygen atoms in total. The fraction of sp³-hybridized carbons (Fsp3) is 0.900. The van der Waals surface area contributed by atoms with Gasteiger partial charge in [-0.2, -0.15) is 0 Å². The molecular weight excluding hydrogens is 182 g/mol. The molecule has 0 aliphatic heterocycles. The van der Waals surface area contributed by atoms with Crippen molar-refractivity contribution in [1.29, 1.82) is 0 Å². The molecule has 0 aliphatic carbocycles. The average molecular weight is 204 g/mol. The Labute approximate surface area is 86.7 Å². The quantitative estimate of drug-likeness (QED) is 0.425. The maximum Gasteiger partial charge on any atom is 0.180 e. The van der Waals surface area contributed by atoms with E-state index in [1.165, 1.54) is 0 Å². The average Bonchev–Trinajstić information content (AvgIpc) is 2.18. The minimum atomic E-state index is -0.266. The van der Waals surface area contributed by atoms with Crippen molar-refractivity contribution in [2.24, 2.45) is 5.73 Å². The monoisotopic (exact) mass is 204 g/mol. The van der Waals surface area contributed by atoms with E-state index < -0.39 is 0 Å². The molecule has 0 amide bonds. The van der Waals surface area contributed by atoms with Gasteiger partial charge in [-0.15, -0.1) is 0 Å². The van der Waals surface area contributed by atoms with Gasteiger partial charge in [0.1, 0.15) is 0 Å². The Morgan fingerprint density at radius 1 is 1.29 bits per heavy atom. The maximum absolute atomic E-state index is 5.42. The van der Waals surface area contributed by atoms with Gasteiger partial charge < -0.3 is 19.9 Å². The molecule has 85 valence electrons. The van der Waals surface area contributed by atoms with Gasteiger partial charge in [0, 0.05) is 13.2 Å². The van der Waals surface area contributed by atoms with Crippen LogP contribution in [0.5, 0.6) is 0 Å². The van der Waals surface area contributed by atoms with E-state index in [0.29, 0.717) is 33.0 Å². The van der Waals surface area contributed by atoms with Gasteiger partial charge in [0.25, 0.3) is 0 Å². The lowest BCUT2D eigenvalue weighted by Crippen LogP contribution is -2.25. The van der Waals surface area contributed by atoms with E-state index in [-0.39, 0.29) is 6.29 Å². The van der Waals surface area contributed by atoms with Gasteiger partial charge in [-0.25, -0.2) is 0 Å². The van der Waals surface area contributed by atoms with Crippen LogP contribution in [0.1, 0.15) is 19.8 Å². The molecule has 2 N–H and O–H groups in total. The Bertz CT molecular complexity index is 102. The van der Waals surface area contributed by atoms with Crippen molar-refractivity contribution in [3.8, 4) is 0 Å². The molecule has 0 fully saturated rings. The zero-order chi connectivity index (χ0) is 10.6. The predicted molar refractivity (Wildman–Crippen MR) is 55.8 cm³/mol. The van der Waals surface area contributed by atoms with Gasteiger partial charge >= 0.3 is 0 Å². The van der Waals surface area contributed by atoms with Crippen LogP contribution in [0.15, 0.2) is 0 Å². The lowest BCUT2D eigenvalue weighted by molar-refractivity contribution is -0.169. The summed E-state index contributed by atoms with van der Waals surface area (Å²) in [5.74, 6) is 0. The van der Waals surface area contributed by atoms with Crippen molar-refractivity contribution in [3.05, 3.63) is 6.92 Å². The number of rotatable bonds is 10. The van der Waals surface area contributed by atoms with Gasteiger partial charge in [0.05, 0.1) is 13.2 Å². The van der Waals surface area contributed by atoms with Crippen LogP contribution in [-0.2, 0) is 14.2 Å². The normalized spacial score (nSPS) is 13.1. The van der Waals surface area contributed by atoms with E-state index in [9.17, 15) is 0 Å². The summed E-state index contributed by atoms with van der Waals surface area (Å²) in [4.78, 5) is 0. The van der Waals surface area contributed by atoms with Crippen LogP contribution in [0.2, 0.25) is 0 Å². The zero-order valence-electron chi connectivity index (χ0n) is 9.04. The number of ether oxygens (including phenoxy) is 3. The summed E-state index contributed by atoms with van der Waals surface area (Å²) in [5.41, 5.74) is 5.35. The largest absolute Gasteiger partial charge is 0.376 e. The predicted octanol–water partition coefficient (Wildman–Crippen LogP) is 0.955. The molecule has 0 rings (SSSR count). The lowest BCUT2D eigenvalue weighted by Gasteiger charge is -2.17. The fourth-order valence-corrected chi connectivity index (χ4v) is 0.910. The van der Waals surface area contributed by atoms with Crippen LogP contribution in [-0.4, -0.2) is 39.3 Å². The van der Waals surface area contributed by atoms with Crippen molar-refractivity contribution in [3.63, 3.8) is 0 Å². The molecule has 0 aromatic heterocycles. The van der Waals surface area contributed by atoms with E-state index in [1.54, 1.807) is 0 Å². The van der Waals surface area contributed by atoms with E-state index in [4.69, 9.17) is 19.9 Å². The Balaban J connectivity index is 3.44. The lowest BCUT2D eigenvalue weighted by atomic mass is 10.5. The molecule has 0 aliphatic rings. The van der Waals surface area contributed by atoms with E-state index in [2.05, 4.69) is 6.92 Å². The third-order valence-corrected chi connectivity index (χ3v) is 1.55. The van der Waals surface area contributed by atoms with Crippen LogP contribution in [0.4, 0.5) is 0 Å². The number of hydrogen-bond donors (Lipinski definition) is 1. The molecular formula is C10H22NO3. The van der Waals surface area contributed by atoms with Gasteiger partial charge in [-0.05, 0) is 26.3 Å². The minimum absolute atomic E-state index is 0.266. The first-order valence-electron chi connectivity index (χ1n) is 5.15. The van der Waals surface area contributed by atoms with Crippen molar-refractivity contribution in [1.82, 2.24) is 0 Å².